The third-order valence-electron chi connectivity index (χ3n) is 8.86. The second-order valence-corrected chi connectivity index (χ2v) is 10.5. The molecule has 2 aliphatic carbocycles. The van der Waals surface area contributed by atoms with E-state index in [4.69, 9.17) is 9.47 Å². The summed E-state index contributed by atoms with van der Waals surface area (Å²) in [6.07, 6.45) is 6.52. The Morgan fingerprint density at radius 3 is 2.94 bits per heavy atom. The molecule has 168 valence electrons. The smallest absolute Gasteiger partial charge is 0.310 e. The number of hydrogen-bond donors (Lipinski definition) is 1. The fourth-order valence-electron chi connectivity index (χ4n) is 7.02. The van der Waals surface area contributed by atoms with Gasteiger partial charge in [0.1, 0.15) is 6.10 Å². The maximum absolute atomic E-state index is 13.0. The van der Waals surface area contributed by atoms with Crippen LogP contribution in [0.1, 0.15) is 63.1 Å². The number of phenolic OH excluding ortho intramolecular Hbond substituents is 1. The first-order chi connectivity index (χ1) is 14.8. The van der Waals surface area contributed by atoms with Gasteiger partial charge in [-0.1, -0.05) is 19.1 Å². The van der Waals surface area contributed by atoms with Gasteiger partial charge in [-0.05, 0) is 80.0 Å². The van der Waals surface area contributed by atoms with Crippen LogP contribution in [0.5, 0.6) is 11.5 Å². The lowest BCUT2D eigenvalue weighted by Crippen LogP contribution is -2.46. The monoisotopic (exact) mass is 425 g/mol. The maximum Gasteiger partial charge on any atom is 0.310 e. The first kappa shape index (κ1) is 20.9. The average Bonchev–Trinajstić information content (AvgIpc) is 3.02. The number of phenols is 1. The SMILES string of the molecule is C=C1CCC[C@]2(C)C[C@H]3OC(=O)[C@@H](CN4CCc5cc(O)c(OC)cc5[C@H]4C)[C@H]3C[C@@H]12. The summed E-state index contributed by atoms with van der Waals surface area (Å²) in [7, 11) is 1.58. The van der Waals surface area contributed by atoms with Crippen molar-refractivity contribution in [2.45, 2.75) is 64.5 Å². The van der Waals surface area contributed by atoms with Crippen molar-refractivity contribution in [1.29, 1.82) is 0 Å². The summed E-state index contributed by atoms with van der Waals surface area (Å²) in [6.45, 7) is 10.6. The number of fused-ring (bicyclic) bond motifs is 3. The molecule has 0 radical (unpaired) electrons. The normalized spacial score (nSPS) is 37.6. The van der Waals surface area contributed by atoms with Crippen LogP contribution in [0.3, 0.4) is 0 Å². The van der Waals surface area contributed by atoms with Gasteiger partial charge in [0, 0.05) is 25.0 Å². The topological polar surface area (TPSA) is 59.0 Å². The van der Waals surface area contributed by atoms with Crippen LogP contribution in [0.4, 0.5) is 0 Å². The van der Waals surface area contributed by atoms with E-state index in [9.17, 15) is 9.90 Å². The predicted molar refractivity (Wildman–Crippen MR) is 119 cm³/mol. The minimum atomic E-state index is -0.0627. The van der Waals surface area contributed by atoms with Gasteiger partial charge in [0.25, 0.3) is 0 Å². The Kier molecular flexibility index (Phi) is 5.08. The molecule has 2 heterocycles. The van der Waals surface area contributed by atoms with Crippen LogP contribution in [0.25, 0.3) is 0 Å². The van der Waals surface area contributed by atoms with Crippen molar-refractivity contribution in [2.24, 2.45) is 23.2 Å². The highest BCUT2D eigenvalue weighted by Gasteiger charge is 2.55. The third-order valence-corrected chi connectivity index (χ3v) is 8.86. The Bertz CT molecular complexity index is 911. The molecule has 1 aromatic carbocycles. The molecule has 2 aliphatic heterocycles. The highest BCUT2D eigenvalue weighted by molar-refractivity contribution is 5.75. The third kappa shape index (κ3) is 3.36. The zero-order valence-corrected chi connectivity index (χ0v) is 19.0. The second-order valence-electron chi connectivity index (χ2n) is 10.5. The molecule has 2 saturated carbocycles. The Morgan fingerprint density at radius 1 is 1.35 bits per heavy atom. The molecule has 6 atom stereocenters. The first-order valence-electron chi connectivity index (χ1n) is 11.8. The van der Waals surface area contributed by atoms with Gasteiger partial charge < -0.3 is 14.6 Å². The largest absolute Gasteiger partial charge is 0.504 e. The van der Waals surface area contributed by atoms with Crippen molar-refractivity contribution in [3.8, 4) is 11.5 Å². The van der Waals surface area contributed by atoms with Crippen LogP contribution in [-0.2, 0) is 16.0 Å². The number of rotatable bonds is 3. The molecule has 4 aliphatic rings. The summed E-state index contributed by atoms with van der Waals surface area (Å²) in [4.78, 5) is 15.4. The number of ether oxygens (including phenoxy) is 2. The van der Waals surface area contributed by atoms with Crippen molar-refractivity contribution in [3.05, 3.63) is 35.4 Å². The zero-order chi connectivity index (χ0) is 21.9. The van der Waals surface area contributed by atoms with Crippen LogP contribution in [0, 0.1) is 23.2 Å². The predicted octanol–water partition coefficient (Wildman–Crippen LogP) is 4.63. The van der Waals surface area contributed by atoms with Gasteiger partial charge in [-0.2, -0.15) is 0 Å². The van der Waals surface area contributed by atoms with E-state index >= 15 is 0 Å². The van der Waals surface area contributed by atoms with Crippen LogP contribution < -0.4 is 4.74 Å². The number of hydrogen-bond acceptors (Lipinski definition) is 5. The minimum absolute atomic E-state index is 0.0101. The summed E-state index contributed by atoms with van der Waals surface area (Å²) >= 11 is 0. The molecule has 31 heavy (non-hydrogen) atoms. The highest BCUT2D eigenvalue weighted by Crippen LogP contribution is 2.57. The highest BCUT2D eigenvalue weighted by atomic mass is 16.6. The first-order valence-corrected chi connectivity index (χ1v) is 11.8. The van der Waals surface area contributed by atoms with Gasteiger partial charge in [-0.15, -0.1) is 0 Å². The number of aromatic hydroxyl groups is 1. The molecular formula is C26H35NO4. The Labute approximate surface area is 185 Å². The van der Waals surface area contributed by atoms with Gasteiger partial charge in [0.05, 0.1) is 13.0 Å². The van der Waals surface area contributed by atoms with E-state index in [1.54, 1.807) is 7.11 Å². The molecule has 5 rings (SSSR count). The molecule has 0 amide bonds. The van der Waals surface area contributed by atoms with Crippen LogP contribution >= 0.6 is 0 Å². The quantitative estimate of drug-likeness (QED) is 0.565. The molecule has 0 spiro atoms. The van der Waals surface area contributed by atoms with Crippen LogP contribution in [0.2, 0.25) is 0 Å². The van der Waals surface area contributed by atoms with Gasteiger partial charge in [0.15, 0.2) is 11.5 Å². The lowest BCUT2D eigenvalue weighted by atomic mass is 9.55. The number of carbonyl (C=O) groups excluding carboxylic acids is 1. The summed E-state index contributed by atoms with van der Waals surface area (Å²) in [5.74, 6) is 1.45. The fraction of sp³-hybridized carbons (Fsp3) is 0.654. The number of nitrogens with zero attached hydrogens (tertiary/aromatic N) is 1. The molecule has 0 aromatic heterocycles. The number of allylic oxidation sites excluding steroid dienone is 1. The fourth-order valence-corrected chi connectivity index (χ4v) is 7.02. The second kappa shape index (κ2) is 7.54. The number of carbonyl (C=O) groups is 1. The molecule has 5 nitrogen and oxygen atoms in total. The molecule has 1 saturated heterocycles. The number of esters is 1. The van der Waals surface area contributed by atoms with E-state index < -0.39 is 0 Å². The minimum Gasteiger partial charge on any atom is -0.504 e. The van der Waals surface area contributed by atoms with Gasteiger partial charge >= 0.3 is 5.97 Å². The standard InChI is InChI=1S/C26H35NO4/c1-15-6-5-8-26(3)13-24-19(11-21(15)26)20(25(29)31-24)14-27-9-7-17-10-22(28)23(30-4)12-18(17)16(27)2/h10,12,16,19-21,24,28H,1,5-9,11,13-14H2,2-4H3/t16-,19-,20+,21+,24-,26-/m1/s1. The van der Waals surface area contributed by atoms with E-state index in [-0.39, 0.29) is 35.2 Å². The van der Waals surface area contributed by atoms with E-state index in [0.717, 1.165) is 38.8 Å². The van der Waals surface area contributed by atoms with E-state index in [0.29, 0.717) is 17.6 Å². The molecule has 3 fully saturated rings. The van der Waals surface area contributed by atoms with Crippen molar-refractivity contribution < 1.29 is 19.4 Å². The van der Waals surface area contributed by atoms with Crippen molar-refractivity contribution in [3.63, 3.8) is 0 Å². The Hall–Kier alpha value is -2.01. The molecule has 0 unspecified atom stereocenters. The lowest BCUT2D eigenvalue weighted by Gasteiger charge is -2.50. The zero-order valence-electron chi connectivity index (χ0n) is 19.0. The Morgan fingerprint density at radius 2 is 2.16 bits per heavy atom. The van der Waals surface area contributed by atoms with Gasteiger partial charge in [-0.25, -0.2) is 0 Å². The van der Waals surface area contributed by atoms with Gasteiger partial charge in [0.2, 0.25) is 0 Å². The van der Waals surface area contributed by atoms with Crippen LogP contribution in [0.15, 0.2) is 24.3 Å². The van der Waals surface area contributed by atoms with E-state index in [2.05, 4.69) is 25.3 Å². The molecular weight excluding hydrogens is 390 g/mol. The van der Waals surface area contributed by atoms with Crippen LogP contribution in [-0.4, -0.2) is 42.3 Å². The molecule has 1 N–H and O–H groups in total. The maximum atomic E-state index is 13.0. The number of benzene rings is 1. The molecule has 1 aromatic rings. The summed E-state index contributed by atoms with van der Waals surface area (Å²) in [5, 5.41) is 10.1. The number of methoxy groups -OCH3 is 1. The average molecular weight is 426 g/mol. The molecule has 5 heteroatoms. The Balaban J connectivity index is 1.36. The summed E-state index contributed by atoms with van der Waals surface area (Å²) in [5.41, 5.74) is 3.97. The summed E-state index contributed by atoms with van der Waals surface area (Å²) < 4.78 is 11.3. The summed E-state index contributed by atoms with van der Waals surface area (Å²) in [6, 6.07) is 3.96. The lowest BCUT2D eigenvalue weighted by molar-refractivity contribution is -0.146. The van der Waals surface area contributed by atoms with E-state index in [1.807, 2.05) is 12.1 Å². The van der Waals surface area contributed by atoms with E-state index in [1.165, 1.54) is 29.5 Å². The van der Waals surface area contributed by atoms with Crippen molar-refractivity contribution in [1.82, 2.24) is 4.90 Å². The molecule has 0 bridgehead atoms. The van der Waals surface area contributed by atoms with Crippen molar-refractivity contribution >= 4 is 5.97 Å². The van der Waals surface area contributed by atoms with Crippen molar-refractivity contribution in [2.75, 3.05) is 20.2 Å². The van der Waals surface area contributed by atoms with Gasteiger partial charge in [-0.3, -0.25) is 9.69 Å².